The van der Waals surface area contributed by atoms with Crippen LogP contribution in [0.4, 0.5) is 0 Å². The number of amides is 1. The summed E-state index contributed by atoms with van der Waals surface area (Å²) in [6, 6.07) is 27.0. The predicted molar refractivity (Wildman–Crippen MR) is 155 cm³/mol. The van der Waals surface area contributed by atoms with Crippen molar-refractivity contribution >= 4 is 12.1 Å². The standard InChI is InChI=1S/C32H36N4O3/c1-2-3-4-5-6-10-20-38-28-18-16-27(17-19-28)30-22-31(35-34-30)32(37)36-33-23-26-14-11-15-29(21-26)39-24-25-12-8-7-9-13-25/h7-9,11-19,21-23H,2-6,10,20,24H2,1H3,(H,34,35)(H,36,37)/b33-23-. The second-order valence-electron chi connectivity index (χ2n) is 9.35. The lowest BCUT2D eigenvalue weighted by molar-refractivity contribution is 0.0950. The van der Waals surface area contributed by atoms with Crippen LogP contribution in [0.2, 0.25) is 0 Å². The van der Waals surface area contributed by atoms with Crippen LogP contribution in [0, 0.1) is 0 Å². The van der Waals surface area contributed by atoms with Gasteiger partial charge in [-0.15, -0.1) is 0 Å². The largest absolute Gasteiger partial charge is 0.494 e. The summed E-state index contributed by atoms with van der Waals surface area (Å²) in [5.41, 5.74) is 6.34. The SMILES string of the molecule is CCCCCCCCOc1ccc(-c2cc(C(=O)N/N=C\c3cccc(OCc4ccccc4)c3)[nH]n2)cc1. The zero-order valence-corrected chi connectivity index (χ0v) is 22.4. The van der Waals surface area contributed by atoms with Crippen LogP contribution in [0.25, 0.3) is 11.3 Å². The summed E-state index contributed by atoms with van der Waals surface area (Å²) >= 11 is 0. The molecule has 39 heavy (non-hydrogen) atoms. The molecule has 1 amide bonds. The minimum absolute atomic E-state index is 0.325. The van der Waals surface area contributed by atoms with E-state index in [4.69, 9.17) is 9.47 Å². The highest BCUT2D eigenvalue weighted by molar-refractivity contribution is 5.94. The number of rotatable bonds is 15. The van der Waals surface area contributed by atoms with E-state index in [1.807, 2.05) is 78.9 Å². The number of hydrazone groups is 1. The topological polar surface area (TPSA) is 88.6 Å². The first-order valence-electron chi connectivity index (χ1n) is 13.6. The number of nitrogens with zero attached hydrogens (tertiary/aromatic N) is 2. The van der Waals surface area contributed by atoms with Gasteiger partial charge in [0.25, 0.3) is 5.91 Å². The molecule has 0 radical (unpaired) electrons. The first kappa shape index (κ1) is 27.6. The third kappa shape index (κ3) is 9.14. The number of H-pyrrole nitrogens is 1. The van der Waals surface area contributed by atoms with Gasteiger partial charge in [-0.1, -0.05) is 81.5 Å². The Morgan fingerprint density at radius 2 is 1.67 bits per heavy atom. The second-order valence-corrected chi connectivity index (χ2v) is 9.35. The van der Waals surface area contributed by atoms with Crippen LogP contribution in [-0.4, -0.2) is 28.9 Å². The van der Waals surface area contributed by atoms with Gasteiger partial charge in [-0.05, 0) is 60.0 Å². The van der Waals surface area contributed by atoms with Gasteiger partial charge in [-0.25, -0.2) is 5.43 Å². The summed E-state index contributed by atoms with van der Waals surface area (Å²) < 4.78 is 11.7. The second kappa shape index (κ2) is 15.1. The van der Waals surface area contributed by atoms with E-state index >= 15 is 0 Å². The summed E-state index contributed by atoms with van der Waals surface area (Å²) in [5.74, 6) is 1.19. The molecule has 0 bridgehead atoms. The van der Waals surface area contributed by atoms with Gasteiger partial charge in [0.15, 0.2) is 0 Å². The zero-order valence-electron chi connectivity index (χ0n) is 22.4. The van der Waals surface area contributed by atoms with E-state index in [0.29, 0.717) is 18.0 Å². The lowest BCUT2D eigenvalue weighted by Crippen LogP contribution is -2.18. The summed E-state index contributed by atoms with van der Waals surface area (Å²) in [4.78, 5) is 12.5. The number of unbranched alkanes of at least 4 members (excludes halogenated alkanes) is 5. The normalized spacial score (nSPS) is 11.0. The molecule has 0 saturated carbocycles. The number of aromatic amines is 1. The monoisotopic (exact) mass is 524 g/mol. The number of carbonyl (C=O) groups excluding carboxylic acids is 1. The number of nitrogens with one attached hydrogen (secondary N) is 2. The van der Waals surface area contributed by atoms with Crippen molar-refractivity contribution in [1.29, 1.82) is 0 Å². The summed E-state index contributed by atoms with van der Waals surface area (Å²) in [6.45, 7) is 3.44. The number of benzene rings is 3. The van der Waals surface area contributed by atoms with Gasteiger partial charge in [0.05, 0.1) is 18.5 Å². The van der Waals surface area contributed by atoms with Crippen molar-refractivity contribution in [2.45, 2.75) is 52.1 Å². The Kier molecular flexibility index (Phi) is 10.7. The summed E-state index contributed by atoms with van der Waals surface area (Å²) in [6.07, 6.45) is 9.00. The third-order valence-corrected chi connectivity index (χ3v) is 6.23. The number of ether oxygens (including phenoxy) is 2. The van der Waals surface area contributed by atoms with E-state index in [1.54, 1.807) is 12.3 Å². The van der Waals surface area contributed by atoms with E-state index in [1.165, 1.54) is 32.1 Å². The molecule has 2 N–H and O–H groups in total. The van der Waals surface area contributed by atoms with Crippen LogP contribution in [-0.2, 0) is 6.61 Å². The third-order valence-electron chi connectivity index (χ3n) is 6.23. The molecule has 0 fully saturated rings. The molecule has 3 aromatic carbocycles. The molecular weight excluding hydrogens is 488 g/mol. The molecule has 0 spiro atoms. The number of hydrogen-bond acceptors (Lipinski definition) is 5. The van der Waals surface area contributed by atoms with Crippen molar-refractivity contribution < 1.29 is 14.3 Å². The maximum Gasteiger partial charge on any atom is 0.289 e. The average molecular weight is 525 g/mol. The number of carbonyl (C=O) groups is 1. The van der Waals surface area contributed by atoms with Gasteiger partial charge in [0.1, 0.15) is 23.8 Å². The molecule has 0 unspecified atom stereocenters. The molecular formula is C32H36N4O3. The Hall–Kier alpha value is -4.39. The van der Waals surface area contributed by atoms with Gasteiger partial charge in [-0.2, -0.15) is 10.2 Å². The highest BCUT2D eigenvalue weighted by Crippen LogP contribution is 2.22. The fraction of sp³-hybridized carbons (Fsp3) is 0.281. The first-order chi connectivity index (χ1) is 19.2. The van der Waals surface area contributed by atoms with Crippen molar-refractivity contribution in [1.82, 2.24) is 15.6 Å². The smallest absolute Gasteiger partial charge is 0.289 e. The van der Waals surface area contributed by atoms with Crippen molar-refractivity contribution in [2.24, 2.45) is 5.10 Å². The highest BCUT2D eigenvalue weighted by Gasteiger charge is 2.10. The Balaban J connectivity index is 1.23. The van der Waals surface area contributed by atoms with Gasteiger partial charge < -0.3 is 9.47 Å². The van der Waals surface area contributed by atoms with Crippen LogP contribution in [0.15, 0.2) is 90.0 Å². The van der Waals surface area contributed by atoms with Gasteiger partial charge in [0, 0.05) is 5.56 Å². The minimum Gasteiger partial charge on any atom is -0.494 e. The van der Waals surface area contributed by atoms with Gasteiger partial charge in [-0.3, -0.25) is 9.89 Å². The Labute approximate surface area is 230 Å². The summed E-state index contributed by atoms with van der Waals surface area (Å²) in [5, 5.41) is 11.1. The van der Waals surface area contributed by atoms with Gasteiger partial charge in [0.2, 0.25) is 0 Å². The van der Waals surface area contributed by atoms with Gasteiger partial charge >= 0.3 is 0 Å². The molecule has 4 aromatic rings. The van der Waals surface area contributed by atoms with Crippen molar-refractivity contribution in [3.63, 3.8) is 0 Å². The highest BCUT2D eigenvalue weighted by atomic mass is 16.5. The lowest BCUT2D eigenvalue weighted by atomic mass is 10.1. The van der Waals surface area contributed by atoms with E-state index < -0.39 is 0 Å². The van der Waals surface area contributed by atoms with E-state index in [2.05, 4.69) is 27.6 Å². The van der Waals surface area contributed by atoms with Crippen LogP contribution < -0.4 is 14.9 Å². The Bertz CT molecular complexity index is 1320. The maximum absolute atomic E-state index is 12.5. The molecule has 0 aliphatic rings. The molecule has 202 valence electrons. The predicted octanol–water partition coefficient (Wildman–Crippen LogP) is 7.16. The molecule has 4 rings (SSSR count). The van der Waals surface area contributed by atoms with Crippen molar-refractivity contribution in [3.05, 3.63) is 102 Å². The Morgan fingerprint density at radius 1 is 0.872 bits per heavy atom. The van der Waals surface area contributed by atoms with Crippen LogP contribution in [0.3, 0.4) is 0 Å². The van der Waals surface area contributed by atoms with Crippen LogP contribution in [0.1, 0.15) is 67.1 Å². The number of hydrogen-bond donors (Lipinski definition) is 2. The van der Waals surface area contributed by atoms with Crippen molar-refractivity contribution in [3.8, 4) is 22.8 Å². The molecule has 0 atom stereocenters. The van der Waals surface area contributed by atoms with Crippen molar-refractivity contribution in [2.75, 3.05) is 6.61 Å². The molecule has 7 heteroatoms. The van der Waals surface area contributed by atoms with E-state index in [0.717, 1.165) is 41.2 Å². The molecule has 0 aliphatic carbocycles. The minimum atomic E-state index is -0.375. The fourth-order valence-electron chi connectivity index (χ4n) is 4.03. The molecule has 7 nitrogen and oxygen atoms in total. The van der Waals surface area contributed by atoms with E-state index in [9.17, 15) is 4.79 Å². The Morgan fingerprint density at radius 3 is 2.49 bits per heavy atom. The van der Waals surface area contributed by atoms with Crippen LogP contribution in [0.5, 0.6) is 11.5 Å². The fourth-order valence-corrected chi connectivity index (χ4v) is 4.03. The number of aromatic nitrogens is 2. The summed E-state index contributed by atoms with van der Waals surface area (Å²) in [7, 11) is 0. The van der Waals surface area contributed by atoms with E-state index in [-0.39, 0.29) is 5.91 Å². The average Bonchev–Trinajstić information content (AvgIpc) is 3.47. The van der Waals surface area contributed by atoms with Crippen LogP contribution >= 0.6 is 0 Å². The molecule has 0 aliphatic heterocycles. The molecule has 1 heterocycles. The lowest BCUT2D eigenvalue weighted by Gasteiger charge is -2.06. The molecule has 0 saturated heterocycles. The molecule has 1 aromatic heterocycles. The maximum atomic E-state index is 12.5. The quantitative estimate of drug-likeness (QED) is 0.0981. The first-order valence-corrected chi connectivity index (χ1v) is 13.6. The zero-order chi connectivity index (χ0) is 27.1.